The number of hydrogen-bond acceptors (Lipinski definition) is 5. The van der Waals surface area contributed by atoms with E-state index in [1.54, 1.807) is 13.3 Å². The highest BCUT2D eigenvalue weighted by atomic mass is 16.5. The molecule has 0 aliphatic carbocycles. The molecule has 29 heavy (non-hydrogen) atoms. The number of amides is 2. The zero-order valence-electron chi connectivity index (χ0n) is 16.5. The van der Waals surface area contributed by atoms with Crippen LogP contribution in [0.4, 0.5) is 0 Å². The molecule has 2 amide bonds. The lowest BCUT2D eigenvalue weighted by Crippen LogP contribution is -2.55. The molecule has 1 aromatic heterocycles. The molecule has 0 radical (unpaired) electrons. The number of ether oxygens (including phenoxy) is 2. The Morgan fingerprint density at radius 3 is 2.76 bits per heavy atom. The molecule has 1 atom stereocenters. The summed E-state index contributed by atoms with van der Waals surface area (Å²) in [6.07, 6.45) is 4.24. The van der Waals surface area contributed by atoms with E-state index in [0.29, 0.717) is 51.2 Å². The number of fused-ring (bicyclic) bond motifs is 2. The third-order valence-electron chi connectivity index (χ3n) is 5.63. The van der Waals surface area contributed by atoms with Gasteiger partial charge in [-0.05, 0) is 12.1 Å². The highest BCUT2D eigenvalue weighted by molar-refractivity contribution is 5.94. The standard InChI is InChI=1S/C21H26N4O4/c1-28-14-10-22-18(26)17-15-25-13-9-23-20(25)21(29-17)7-11-24(12-8-21)19(27)16-5-3-2-4-6-16/h2-6,9,13,17H,7-8,10-12,14-15H2,1H3,(H,22,26). The van der Waals surface area contributed by atoms with Crippen LogP contribution < -0.4 is 5.32 Å². The van der Waals surface area contributed by atoms with E-state index in [1.807, 2.05) is 46.0 Å². The van der Waals surface area contributed by atoms with Crippen LogP contribution in [0.3, 0.4) is 0 Å². The summed E-state index contributed by atoms with van der Waals surface area (Å²) in [6, 6.07) is 9.29. The van der Waals surface area contributed by atoms with Gasteiger partial charge in [-0.1, -0.05) is 18.2 Å². The van der Waals surface area contributed by atoms with Crippen LogP contribution in [-0.2, 0) is 26.4 Å². The number of imidazole rings is 1. The summed E-state index contributed by atoms with van der Waals surface area (Å²) < 4.78 is 13.3. The minimum absolute atomic E-state index is 0.0217. The number of rotatable bonds is 5. The molecule has 8 heteroatoms. The molecule has 8 nitrogen and oxygen atoms in total. The van der Waals surface area contributed by atoms with Crippen LogP contribution >= 0.6 is 0 Å². The van der Waals surface area contributed by atoms with Crippen LogP contribution in [0.15, 0.2) is 42.7 Å². The molecule has 2 aliphatic heterocycles. The SMILES string of the molecule is COCCNC(=O)C1Cn2ccnc2C2(CCN(C(=O)c3ccccc3)CC2)O1. The summed E-state index contributed by atoms with van der Waals surface area (Å²) in [5.74, 6) is 0.710. The van der Waals surface area contributed by atoms with Gasteiger partial charge >= 0.3 is 0 Å². The number of nitrogens with one attached hydrogen (secondary N) is 1. The van der Waals surface area contributed by atoms with Crippen molar-refractivity contribution in [1.29, 1.82) is 0 Å². The minimum atomic E-state index is -0.654. The maximum atomic E-state index is 12.8. The zero-order valence-corrected chi connectivity index (χ0v) is 16.5. The number of carbonyl (C=O) groups excluding carboxylic acids is 2. The van der Waals surface area contributed by atoms with Gasteiger partial charge in [0, 0.05) is 57.5 Å². The number of carbonyl (C=O) groups is 2. The van der Waals surface area contributed by atoms with E-state index in [2.05, 4.69) is 10.3 Å². The van der Waals surface area contributed by atoms with E-state index >= 15 is 0 Å². The maximum absolute atomic E-state index is 12.8. The van der Waals surface area contributed by atoms with Gasteiger partial charge in [0.25, 0.3) is 11.8 Å². The second kappa shape index (κ2) is 8.34. The molecule has 1 aromatic carbocycles. The van der Waals surface area contributed by atoms with Crippen LogP contribution in [0, 0.1) is 0 Å². The first-order chi connectivity index (χ1) is 14.1. The van der Waals surface area contributed by atoms with Crippen LogP contribution in [0.2, 0.25) is 0 Å². The van der Waals surface area contributed by atoms with Crippen LogP contribution in [0.1, 0.15) is 29.0 Å². The smallest absolute Gasteiger partial charge is 0.253 e. The quantitative estimate of drug-likeness (QED) is 0.765. The molecule has 154 valence electrons. The summed E-state index contributed by atoms with van der Waals surface area (Å²) in [6.45, 7) is 2.44. The second-order valence-electron chi connectivity index (χ2n) is 7.45. The van der Waals surface area contributed by atoms with Crippen molar-refractivity contribution in [3.05, 3.63) is 54.1 Å². The molecule has 1 saturated heterocycles. The van der Waals surface area contributed by atoms with Crippen LogP contribution in [0.25, 0.3) is 0 Å². The lowest BCUT2D eigenvalue weighted by molar-refractivity contribution is -0.172. The third kappa shape index (κ3) is 3.90. The first-order valence-corrected chi connectivity index (χ1v) is 9.93. The molecule has 1 unspecified atom stereocenters. The molecule has 1 spiro atoms. The van der Waals surface area contributed by atoms with Crippen LogP contribution in [0.5, 0.6) is 0 Å². The first-order valence-electron chi connectivity index (χ1n) is 9.93. The van der Waals surface area contributed by atoms with Crippen molar-refractivity contribution in [2.45, 2.75) is 31.1 Å². The number of hydrogen-bond donors (Lipinski definition) is 1. The van der Waals surface area contributed by atoms with E-state index in [-0.39, 0.29) is 11.8 Å². The van der Waals surface area contributed by atoms with Gasteiger partial charge in [-0.25, -0.2) is 4.98 Å². The Hall–Kier alpha value is -2.71. The van der Waals surface area contributed by atoms with Gasteiger partial charge < -0.3 is 24.3 Å². The highest BCUT2D eigenvalue weighted by Gasteiger charge is 2.47. The molecule has 0 bridgehead atoms. The molecule has 2 aliphatic rings. The molecular formula is C21H26N4O4. The summed E-state index contributed by atoms with van der Waals surface area (Å²) in [7, 11) is 1.60. The number of methoxy groups -OCH3 is 1. The van der Waals surface area contributed by atoms with Gasteiger partial charge in [0.15, 0.2) is 6.10 Å². The van der Waals surface area contributed by atoms with Gasteiger partial charge in [-0.2, -0.15) is 0 Å². The van der Waals surface area contributed by atoms with E-state index < -0.39 is 11.7 Å². The summed E-state index contributed by atoms with van der Waals surface area (Å²) in [5, 5.41) is 2.86. The third-order valence-corrected chi connectivity index (χ3v) is 5.63. The predicted molar refractivity (Wildman–Crippen MR) is 105 cm³/mol. The maximum Gasteiger partial charge on any atom is 0.253 e. The summed E-state index contributed by atoms with van der Waals surface area (Å²) in [4.78, 5) is 31.7. The van der Waals surface area contributed by atoms with E-state index in [0.717, 1.165) is 5.82 Å². The normalized spacial score (nSPS) is 20.3. The zero-order chi connectivity index (χ0) is 20.3. The number of likely N-dealkylation sites (tertiary alicyclic amines) is 1. The molecule has 1 N–H and O–H groups in total. The molecule has 1 fully saturated rings. The van der Waals surface area contributed by atoms with Crippen molar-refractivity contribution in [2.75, 3.05) is 33.4 Å². The number of nitrogens with zero attached hydrogens (tertiary/aromatic N) is 3. The fraction of sp³-hybridized carbons (Fsp3) is 0.476. The Kier molecular flexibility index (Phi) is 5.64. The lowest BCUT2D eigenvalue weighted by atomic mass is 9.88. The van der Waals surface area contributed by atoms with Crippen LogP contribution in [-0.4, -0.2) is 65.7 Å². The monoisotopic (exact) mass is 398 g/mol. The average Bonchev–Trinajstić information content (AvgIpc) is 3.24. The fourth-order valence-electron chi connectivity index (χ4n) is 4.10. The Morgan fingerprint density at radius 1 is 1.28 bits per heavy atom. The molecular weight excluding hydrogens is 372 g/mol. The van der Waals surface area contributed by atoms with Crippen molar-refractivity contribution in [1.82, 2.24) is 19.8 Å². The molecule has 3 heterocycles. The van der Waals surface area contributed by atoms with Crippen molar-refractivity contribution in [3.8, 4) is 0 Å². The lowest BCUT2D eigenvalue weighted by Gasteiger charge is -2.45. The Bertz CT molecular complexity index is 859. The van der Waals surface area contributed by atoms with Gasteiger partial charge in [-0.15, -0.1) is 0 Å². The van der Waals surface area contributed by atoms with Gasteiger partial charge in [0.2, 0.25) is 0 Å². The van der Waals surface area contributed by atoms with Crippen molar-refractivity contribution < 1.29 is 19.1 Å². The summed E-state index contributed by atoms with van der Waals surface area (Å²) >= 11 is 0. The molecule has 0 saturated carbocycles. The number of piperidine rings is 1. The Morgan fingerprint density at radius 2 is 2.03 bits per heavy atom. The number of aromatic nitrogens is 2. The fourth-order valence-corrected chi connectivity index (χ4v) is 4.10. The Balaban J connectivity index is 1.47. The molecule has 2 aromatic rings. The average molecular weight is 398 g/mol. The minimum Gasteiger partial charge on any atom is -0.383 e. The molecule has 4 rings (SSSR count). The Labute approximate surface area is 169 Å². The topological polar surface area (TPSA) is 85.7 Å². The van der Waals surface area contributed by atoms with Crippen molar-refractivity contribution in [3.63, 3.8) is 0 Å². The number of benzene rings is 1. The first kappa shape index (κ1) is 19.6. The van der Waals surface area contributed by atoms with Gasteiger partial charge in [0.05, 0.1) is 13.2 Å². The summed E-state index contributed by atoms with van der Waals surface area (Å²) in [5.41, 5.74) is 0.0308. The largest absolute Gasteiger partial charge is 0.383 e. The van der Waals surface area contributed by atoms with E-state index in [1.165, 1.54) is 0 Å². The van der Waals surface area contributed by atoms with E-state index in [4.69, 9.17) is 9.47 Å². The highest BCUT2D eigenvalue weighted by Crippen LogP contribution is 2.40. The van der Waals surface area contributed by atoms with Gasteiger partial charge in [-0.3, -0.25) is 9.59 Å². The predicted octanol–water partition coefficient (Wildman–Crippen LogP) is 1.18. The van der Waals surface area contributed by atoms with Crippen molar-refractivity contribution in [2.24, 2.45) is 0 Å². The van der Waals surface area contributed by atoms with E-state index in [9.17, 15) is 9.59 Å². The second-order valence-corrected chi connectivity index (χ2v) is 7.45. The van der Waals surface area contributed by atoms with Gasteiger partial charge in [0.1, 0.15) is 11.4 Å². The van der Waals surface area contributed by atoms with Crippen molar-refractivity contribution >= 4 is 11.8 Å².